The molecular formula is C18H22N4O. The number of benzene rings is 1. The largest absolute Gasteiger partial charge is 0.371 e. The van der Waals surface area contributed by atoms with Crippen LogP contribution < -0.4 is 10.2 Å². The van der Waals surface area contributed by atoms with E-state index in [4.69, 9.17) is 0 Å². The van der Waals surface area contributed by atoms with Crippen LogP contribution in [-0.4, -0.2) is 28.5 Å². The van der Waals surface area contributed by atoms with Crippen molar-refractivity contribution in [2.75, 3.05) is 23.3 Å². The Hall–Kier alpha value is -2.30. The van der Waals surface area contributed by atoms with Gasteiger partial charge in [0.05, 0.1) is 11.8 Å². The Morgan fingerprint density at radius 2 is 1.83 bits per heavy atom. The summed E-state index contributed by atoms with van der Waals surface area (Å²) in [5.74, 6) is 1.86. The molecule has 3 heterocycles. The highest BCUT2D eigenvalue weighted by molar-refractivity contribution is 6.07. The number of aromatic nitrogens is 2. The zero-order valence-corrected chi connectivity index (χ0v) is 13.3. The van der Waals surface area contributed by atoms with Gasteiger partial charge in [-0.2, -0.15) is 0 Å². The molecule has 0 atom stereocenters. The van der Waals surface area contributed by atoms with E-state index < -0.39 is 0 Å². The second-order valence-corrected chi connectivity index (χ2v) is 6.33. The third-order valence-corrected chi connectivity index (χ3v) is 4.81. The molecule has 0 aliphatic carbocycles. The second-order valence-electron chi connectivity index (χ2n) is 6.33. The summed E-state index contributed by atoms with van der Waals surface area (Å²) in [5, 5.41) is 3.07. The second kappa shape index (κ2) is 6.07. The number of fused-ring (bicyclic) bond motifs is 1. The molecule has 0 saturated carbocycles. The van der Waals surface area contributed by atoms with Gasteiger partial charge in [0.2, 0.25) is 0 Å². The minimum Gasteiger partial charge on any atom is -0.371 e. The quantitative estimate of drug-likeness (QED) is 0.948. The van der Waals surface area contributed by atoms with Crippen LogP contribution >= 0.6 is 0 Å². The molecule has 0 bridgehead atoms. The Bertz CT molecular complexity index is 716. The maximum absolute atomic E-state index is 12.8. The van der Waals surface area contributed by atoms with Gasteiger partial charge in [0, 0.05) is 31.7 Å². The van der Waals surface area contributed by atoms with Crippen molar-refractivity contribution < 1.29 is 4.79 Å². The van der Waals surface area contributed by atoms with Crippen molar-refractivity contribution in [2.24, 2.45) is 0 Å². The first-order valence-electron chi connectivity index (χ1n) is 8.53. The summed E-state index contributed by atoms with van der Waals surface area (Å²) in [6, 6.07) is 7.90. The van der Waals surface area contributed by atoms with Crippen LogP contribution in [0.1, 0.15) is 41.9 Å². The molecule has 5 heteroatoms. The number of carbonyl (C=O) groups is 1. The maximum atomic E-state index is 12.8. The summed E-state index contributed by atoms with van der Waals surface area (Å²) in [7, 11) is 0. The van der Waals surface area contributed by atoms with Crippen LogP contribution in [-0.2, 0) is 13.0 Å². The lowest BCUT2D eigenvalue weighted by Gasteiger charge is -2.21. The number of hydrogen-bond acceptors (Lipinski definition) is 3. The molecule has 1 amide bonds. The number of para-hydroxylation sites is 1. The first kappa shape index (κ1) is 14.3. The fraction of sp³-hybridized carbons (Fsp3) is 0.444. The van der Waals surface area contributed by atoms with E-state index >= 15 is 0 Å². The Labute approximate surface area is 136 Å². The molecule has 2 aromatic rings. The molecule has 1 aromatic carbocycles. The lowest BCUT2D eigenvalue weighted by Crippen LogP contribution is -2.23. The predicted octanol–water partition coefficient (Wildman–Crippen LogP) is 3.07. The average molecular weight is 310 g/mol. The molecular weight excluding hydrogens is 288 g/mol. The molecule has 1 fully saturated rings. The minimum atomic E-state index is -0.0410. The lowest BCUT2D eigenvalue weighted by atomic mass is 10.1. The topological polar surface area (TPSA) is 50.2 Å². The number of nitrogens with zero attached hydrogens (tertiary/aromatic N) is 3. The van der Waals surface area contributed by atoms with E-state index in [0.717, 1.165) is 55.4 Å². The Kier molecular flexibility index (Phi) is 3.77. The molecule has 2 aliphatic heterocycles. The van der Waals surface area contributed by atoms with Gasteiger partial charge >= 0.3 is 0 Å². The summed E-state index contributed by atoms with van der Waals surface area (Å²) in [4.78, 5) is 19.5. The van der Waals surface area contributed by atoms with Crippen molar-refractivity contribution in [1.82, 2.24) is 9.55 Å². The summed E-state index contributed by atoms with van der Waals surface area (Å²) < 4.78 is 2.14. The third kappa shape index (κ3) is 2.71. The molecule has 1 aromatic heterocycles. The normalized spacial score (nSPS) is 17.1. The van der Waals surface area contributed by atoms with E-state index in [0.29, 0.717) is 0 Å². The SMILES string of the molecule is O=C(Nc1cnc2n1CCCC2)c1ccccc1N1CCCC1. The van der Waals surface area contributed by atoms with Crippen molar-refractivity contribution in [2.45, 2.75) is 38.6 Å². The number of imidazole rings is 1. The molecule has 5 nitrogen and oxygen atoms in total. The summed E-state index contributed by atoms with van der Waals surface area (Å²) >= 11 is 0. The smallest absolute Gasteiger partial charge is 0.258 e. The van der Waals surface area contributed by atoms with Crippen molar-refractivity contribution in [3.05, 3.63) is 41.9 Å². The molecule has 1 N–H and O–H groups in total. The fourth-order valence-corrected chi connectivity index (χ4v) is 3.60. The monoisotopic (exact) mass is 310 g/mol. The van der Waals surface area contributed by atoms with Crippen LogP contribution in [0.3, 0.4) is 0 Å². The van der Waals surface area contributed by atoms with Crippen LogP contribution in [0.2, 0.25) is 0 Å². The van der Waals surface area contributed by atoms with Gasteiger partial charge in [-0.3, -0.25) is 4.79 Å². The van der Waals surface area contributed by atoms with E-state index in [1.165, 1.54) is 19.3 Å². The predicted molar refractivity (Wildman–Crippen MR) is 91.0 cm³/mol. The zero-order chi connectivity index (χ0) is 15.6. The number of amides is 1. The van der Waals surface area contributed by atoms with Crippen LogP contribution in [0.5, 0.6) is 0 Å². The first-order valence-corrected chi connectivity index (χ1v) is 8.53. The first-order chi connectivity index (χ1) is 11.3. The van der Waals surface area contributed by atoms with Crippen molar-refractivity contribution in [3.8, 4) is 0 Å². The molecule has 4 rings (SSSR count). The van der Waals surface area contributed by atoms with Crippen molar-refractivity contribution in [3.63, 3.8) is 0 Å². The van der Waals surface area contributed by atoms with Crippen LogP contribution in [0.25, 0.3) is 0 Å². The molecule has 23 heavy (non-hydrogen) atoms. The molecule has 0 unspecified atom stereocenters. The number of hydrogen-bond donors (Lipinski definition) is 1. The van der Waals surface area contributed by atoms with Crippen LogP contribution in [0, 0.1) is 0 Å². The zero-order valence-electron chi connectivity index (χ0n) is 13.3. The average Bonchev–Trinajstić information content (AvgIpc) is 3.25. The van der Waals surface area contributed by atoms with Gasteiger partial charge < -0.3 is 14.8 Å². The molecule has 0 radical (unpaired) electrons. The van der Waals surface area contributed by atoms with Gasteiger partial charge in [-0.15, -0.1) is 0 Å². The fourth-order valence-electron chi connectivity index (χ4n) is 3.60. The summed E-state index contributed by atoms with van der Waals surface area (Å²) in [6.07, 6.45) is 7.52. The van der Waals surface area contributed by atoms with E-state index in [-0.39, 0.29) is 5.91 Å². The highest BCUT2D eigenvalue weighted by atomic mass is 16.1. The van der Waals surface area contributed by atoms with Crippen molar-refractivity contribution in [1.29, 1.82) is 0 Å². The standard InChI is InChI=1S/C18H22N4O/c23-18(20-17-13-19-16-9-3-4-12-22(16)17)14-7-1-2-8-15(14)21-10-5-6-11-21/h1-2,7-8,13H,3-6,9-12H2,(H,20,23). The Morgan fingerprint density at radius 1 is 1.04 bits per heavy atom. The Balaban J connectivity index is 1.59. The van der Waals surface area contributed by atoms with Crippen LogP contribution in [0.15, 0.2) is 30.5 Å². The maximum Gasteiger partial charge on any atom is 0.258 e. The highest BCUT2D eigenvalue weighted by Gasteiger charge is 2.21. The number of nitrogens with one attached hydrogen (secondary N) is 1. The third-order valence-electron chi connectivity index (χ3n) is 4.81. The summed E-state index contributed by atoms with van der Waals surface area (Å²) in [5.41, 5.74) is 1.79. The molecule has 2 aliphatic rings. The van der Waals surface area contributed by atoms with Gasteiger partial charge in [-0.1, -0.05) is 12.1 Å². The van der Waals surface area contributed by atoms with Crippen LogP contribution in [0.4, 0.5) is 11.5 Å². The number of anilines is 2. The number of aryl methyl sites for hydroxylation is 1. The van der Waals surface area contributed by atoms with Gasteiger partial charge in [0.1, 0.15) is 11.6 Å². The van der Waals surface area contributed by atoms with Gasteiger partial charge in [0.25, 0.3) is 5.91 Å². The highest BCUT2D eigenvalue weighted by Crippen LogP contribution is 2.26. The van der Waals surface area contributed by atoms with E-state index in [2.05, 4.69) is 19.8 Å². The minimum absolute atomic E-state index is 0.0410. The van der Waals surface area contributed by atoms with Crippen molar-refractivity contribution >= 4 is 17.4 Å². The van der Waals surface area contributed by atoms with Gasteiger partial charge in [0.15, 0.2) is 0 Å². The molecule has 1 saturated heterocycles. The van der Waals surface area contributed by atoms with E-state index in [9.17, 15) is 4.79 Å². The van der Waals surface area contributed by atoms with E-state index in [1.54, 1.807) is 6.20 Å². The van der Waals surface area contributed by atoms with E-state index in [1.807, 2.05) is 24.3 Å². The van der Waals surface area contributed by atoms with Gasteiger partial charge in [-0.05, 0) is 37.8 Å². The number of carbonyl (C=O) groups excluding carboxylic acids is 1. The summed E-state index contributed by atoms with van der Waals surface area (Å²) in [6.45, 7) is 3.01. The molecule has 0 spiro atoms. The Morgan fingerprint density at radius 3 is 2.70 bits per heavy atom. The lowest BCUT2D eigenvalue weighted by molar-refractivity contribution is 0.102. The number of rotatable bonds is 3. The molecule has 120 valence electrons. The van der Waals surface area contributed by atoms with Gasteiger partial charge in [-0.25, -0.2) is 4.98 Å².